The van der Waals surface area contributed by atoms with Gasteiger partial charge >= 0.3 is 6.03 Å². The van der Waals surface area contributed by atoms with E-state index in [0.717, 1.165) is 16.0 Å². The van der Waals surface area contributed by atoms with E-state index in [1.165, 1.54) is 18.2 Å². The molecular weight excluding hydrogens is 622 g/mol. The SMILES string of the molecule is O=C1NC(=O)N(c2ccc(OCc3ccc(Cl)cc3Cl)cc2)C(=O)/C1=C/c1cc(Cl)ccc1OCc1cccc(Cl)c1. The molecule has 1 aliphatic heterocycles. The van der Waals surface area contributed by atoms with Gasteiger partial charge in [0.05, 0.1) is 5.69 Å². The second kappa shape index (κ2) is 12.9. The number of ether oxygens (including phenoxy) is 2. The maximum Gasteiger partial charge on any atom is 0.335 e. The van der Waals surface area contributed by atoms with Crippen LogP contribution in [0.15, 0.2) is 90.5 Å². The monoisotopic (exact) mass is 640 g/mol. The Morgan fingerprint density at radius 3 is 2.19 bits per heavy atom. The zero-order chi connectivity index (χ0) is 29.8. The first-order valence-electron chi connectivity index (χ1n) is 12.4. The number of hydrogen-bond acceptors (Lipinski definition) is 5. The number of carbonyl (C=O) groups excluding carboxylic acids is 3. The molecule has 1 N–H and O–H groups in total. The molecule has 7 nitrogen and oxygen atoms in total. The fourth-order valence-electron chi connectivity index (χ4n) is 4.09. The summed E-state index contributed by atoms with van der Waals surface area (Å²) in [6.07, 6.45) is 1.34. The van der Waals surface area contributed by atoms with Gasteiger partial charge in [0.1, 0.15) is 30.3 Å². The number of nitrogens with zero attached hydrogens (tertiary/aromatic N) is 1. The summed E-state index contributed by atoms with van der Waals surface area (Å²) in [5.74, 6) is -0.812. The van der Waals surface area contributed by atoms with E-state index in [4.69, 9.17) is 55.9 Å². The number of rotatable bonds is 8. The van der Waals surface area contributed by atoms with Gasteiger partial charge in [0.2, 0.25) is 0 Å². The Labute approximate surface area is 261 Å². The molecular formula is C31H20Cl4N2O5. The molecule has 0 saturated carbocycles. The van der Waals surface area contributed by atoms with Crippen molar-refractivity contribution < 1.29 is 23.9 Å². The molecule has 5 rings (SSSR count). The highest BCUT2D eigenvalue weighted by Gasteiger charge is 2.37. The summed E-state index contributed by atoms with van der Waals surface area (Å²) in [7, 11) is 0. The molecule has 0 unspecified atom stereocenters. The van der Waals surface area contributed by atoms with Gasteiger partial charge in [-0.3, -0.25) is 14.9 Å². The van der Waals surface area contributed by atoms with Gasteiger partial charge in [0.25, 0.3) is 11.8 Å². The number of benzene rings is 4. The van der Waals surface area contributed by atoms with E-state index in [1.807, 2.05) is 6.07 Å². The van der Waals surface area contributed by atoms with Crippen molar-refractivity contribution in [3.63, 3.8) is 0 Å². The van der Waals surface area contributed by atoms with E-state index >= 15 is 0 Å². The first-order valence-corrected chi connectivity index (χ1v) is 13.9. The van der Waals surface area contributed by atoms with Gasteiger partial charge in [-0.25, -0.2) is 9.69 Å². The summed E-state index contributed by atoms with van der Waals surface area (Å²) in [6, 6.07) is 22.4. The van der Waals surface area contributed by atoms with Gasteiger partial charge in [-0.15, -0.1) is 0 Å². The molecule has 212 valence electrons. The summed E-state index contributed by atoms with van der Waals surface area (Å²) < 4.78 is 11.7. The molecule has 1 heterocycles. The smallest absolute Gasteiger partial charge is 0.335 e. The molecule has 42 heavy (non-hydrogen) atoms. The predicted octanol–water partition coefficient (Wildman–Crippen LogP) is 8.12. The van der Waals surface area contributed by atoms with Crippen molar-refractivity contribution in [3.8, 4) is 11.5 Å². The van der Waals surface area contributed by atoms with E-state index in [1.54, 1.807) is 66.7 Å². The minimum Gasteiger partial charge on any atom is -0.489 e. The normalized spacial score (nSPS) is 14.2. The zero-order valence-electron chi connectivity index (χ0n) is 21.6. The Balaban J connectivity index is 1.35. The highest BCUT2D eigenvalue weighted by Crippen LogP contribution is 2.30. The van der Waals surface area contributed by atoms with Crippen molar-refractivity contribution in [2.45, 2.75) is 13.2 Å². The van der Waals surface area contributed by atoms with Crippen LogP contribution in [0.5, 0.6) is 11.5 Å². The molecule has 0 bridgehead atoms. The number of hydrogen-bond donors (Lipinski definition) is 1. The van der Waals surface area contributed by atoms with Gasteiger partial charge in [-0.1, -0.05) is 64.6 Å². The van der Waals surface area contributed by atoms with Gasteiger partial charge in [0, 0.05) is 31.2 Å². The summed E-state index contributed by atoms with van der Waals surface area (Å²) >= 11 is 24.4. The van der Waals surface area contributed by atoms with Crippen molar-refractivity contribution in [1.82, 2.24) is 5.32 Å². The Morgan fingerprint density at radius 2 is 1.45 bits per heavy atom. The van der Waals surface area contributed by atoms with Crippen LogP contribution in [0.1, 0.15) is 16.7 Å². The lowest BCUT2D eigenvalue weighted by atomic mass is 10.1. The first-order chi connectivity index (χ1) is 20.2. The molecule has 4 aromatic carbocycles. The minimum absolute atomic E-state index is 0.182. The Kier molecular flexibility index (Phi) is 9.04. The number of urea groups is 1. The standard InChI is InChI=1S/C31H20Cl4N2O5/c32-21-3-1-2-18(12-21)16-42-28-11-6-22(33)13-20(28)14-26-29(38)36-31(40)37(30(26)39)24-7-9-25(10-8-24)41-17-19-4-5-23(34)15-27(19)35/h1-15H,16-17H2,(H,36,38,40)/b26-14+. The van der Waals surface area contributed by atoms with Gasteiger partial charge in [0.15, 0.2) is 0 Å². The summed E-state index contributed by atoms with van der Waals surface area (Å²) in [6.45, 7) is 0.364. The number of amides is 4. The maximum absolute atomic E-state index is 13.5. The van der Waals surface area contributed by atoms with Crippen LogP contribution in [0.25, 0.3) is 6.08 Å². The second-order valence-electron chi connectivity index (χ2n) is 9.08. The largest absolute Gasteiger partial charge is 0.489 e. The van der Waals surface area contributed by atoms with E-state index in [-0.39, 0.29) is 24.5 Å². The average molecular weight is 642 g/mol. The van der Waals surface area contributed by atoms with Crippen molar-refractivity contribution in [2.75, 3.05) is 4.90 Å². The third kappa shape index (κ3) is 6.89. The van der Waals surface area contributed by atoms with Crippen LogP contribution in [0.4, 0.5) is 10.5 Å². The minimum atomic E-state index is -0.882. The Morgan fingerprint density at radius 1 is 0.738 bits per heavy atom. The molecule has 4 aromatic rings. The van der Waals surface area contributed by atoms with Crippen LogP contribution in [0.3, 0.4) is 0 Å². The van der Waals surface area contributed by atoms with Gasteiger partial charge in [-0.05, 0) is 78.4 Å². The van der Waals surface area contributed by atoms with Crippen LogP contribution in [0, 0.1) is 0 Å². The van der Waals surface area contributed by atoms with Crippen LogP contribution in [-0.2, 0) is 22.8 Å². The average Bonchev–Trinajstić information content (AvgIpc) is 2.95. The highest BCUT2D eigenvalue weighted by atomic mass is 35.5. The Bertz CT molecular complexity index is 1720. The van der Waals surface area contributed by atoms with E-state index in [9.17, 15) is 14.4 Å². The fraction of sp³-hybridized carbons (Fsp3) is 0.0645. The van der Waals surface area contributed by atoms with Crippen molar-refractivity contribution in [1.29, 1.82) is 0 Å². The van der Waals surface area contributed by atoms with Crippen LogP contribution >= 0.6 is 46.4 Å². The van der Waals surface area contributed by atoms with Gasteiger partial charge in [-0.2, -0.15) is 0 Å². The molecule has 1 fully saturated rings. The lowest BCUT2D eigenvalue weighted by Gasteiger charge is -2.26. The lowest BCUT2D eigenvalue weighted by molar-refractivity contribution is -0.122. The molecule has 0 radical (unpaired) electrons. The quantitative estimate of drug-likeness (QED) is 0.155. The number of anilines is 1. The fourth-order valence-corrected chi connectivity index (χ4v) is 4.95. The molecule has 0 atom stereocenters. The third-order valence-corrected chi connectivity index (χ3v) is 7.22. The van der Waals surface area contributed by atoms with Crippen LogP contribution < -0.4 is 19.7 Å². The number of barbiturate groups is 1. The highest BCUT2D eigenvalue weighted by molar-refractivity contribution is 6.39. The molecule has 11 heteroatoms. The van der Waals surface area contributed by atoms with Crippen molar-refractivity contribution >= 4 is 76.0 Å². The number of carbonyl (C=O) groups is 3. The molecule has 0 aliphatic carbocycles. The Hall–Kier alpha value is -4.01. The van der Waals surface area contributed by atoms with E-state index in [2.05, 4.69) is 5.32 Å². The second-order valence-corrected chi connectivity index (χ2v) is 10.8. The number of halogens is 4. The van der Waals surface area contributed by atoms with E-state index in [0.29, 0.717) is 37.2 Å². The molecule has 0 aromatic heterocycles. The molecule has 4 amide bonds. The van der Waals surface area contributed by atoms with Crippen LogP contribution in [0.2, 0.25) is 20.1 Å². The summed E-state index contributed by atoms with van der Waals surface area (Å²) in [5.41, 5.74) is 1.89. The topological polar surface area (TPSA) is 84.9 Å². The molecule has 1 aliphatic rings. The first kappa shape index (κ1) is 29.5. The third-order valence-electron chi connectivity index (χ3n) is 6.16. The van der Waals surface area contributed by atoms with Crippen LogP contribution in [-0.4, -0.2) is 17.8 Å². The lowest BCUT2D eigenvalue weighted by Crippen LogP contribution is -2.54. The van der Waals surface area contributed by atoms with Crippen molar-refractivity contribution in [3.05, 3.63) is 127 Å². The number of imide groups is 2. The van der Waals surface area contributed by atoms with Gasteiger partial charge < -0.3 is 9.47 Å². The van der Waals surface area contributed by atoms with E-state index < -0.39 is 17.8 Å². The molecule has 0 spiro atoms. The molecule has 1 saturated heterocycles. The summed E-state index contributed by atoms with van der Waals surface area (Å²) in [5, 5.41) is 4.13. The maximum atomic E-state index is 13.5. The summed E-state index contributed by atoms with van der Waals surface area (Å²) in [4.78, 5) is 39.8. The number of nitrogens with one attached hydrogen (secondary N) is 1. The van der Waals surface area contributed by atoms with Crippen molar-refractivity contribution in [2.24, 2.45) is 0 Å². The predicted molar refractivity (Wildman–Crippen MR) is 163 cm³/mol. The zero-order valence-corrected chi connectivity index (χ0v) is 24.6.